The Morgan fingerprint density at radius 2 is 2.44 bits per heavy atom. The second kappa shape index (κ2) is 4.87. The van der Waals surface area contributed by atoms with Crippen LogP contribution in [0, 0.1) is 12.8 Å². The molecule has 0 aromatic carbocycles. The van der Waals surface area contributed by atoms with Gasteiger partial charge in [0.1, 0.15) is 5.82 Å². The Bertz CT molecular complexity index is 345. The average Bonchev–Trinajstić information content (AvgIpc) is 2.54. The van der Waals surface area contributed by atoms with Crippen molar-refractivity contribution in [1.82, 2.24) is 15.1 Å². The summed E-state index contributed by atoms with van der Waals surface area (Å²) in [5.41, 5.74) is 1.06. The summed E-state index contributed by atoms with van der Waals surface area (Å²) in [5, 5.41) is 11.3. The fourth-order valence-electron chi connectivity index (χ4n) is 2.38. The SMILES string of the molecule is Cc1cc(NCC2CC(C)CCN2)n(C)n1. The highest BCUT2D eigenvalue weighted by Crippen LogP contribution is 2.16. The Kier molecular flexibility index (Phi) is 3.49. The minimum absolute atomic E-state index is 0.596. The first-order valence-electron chi connectivity index (χ1n) is 6.13. The number of rotatable bonds is 3. The lowest BCUT2D eigenvalue weighted by molar-refractivity contribution is 0.328. The van der Waals surface area contributed by atoms with E-state index in [-0.39, 0.29) is 0 Å². The second-order valence-electron chi connectivity index (χ2n) is 4.96. The van der Waals surface area contributed by atoms with Gasteiger partial charge in [-0.25, -0.2) is 0 Å². The quantitative estimate of drug-likeness (QED) is 0.815. The van der Waals surface area contributed by atoms with E-state index in [1.54, 1.807) is 0 Å². The molecule has 2 unspecified atom stereocenters. The minimum atomic E-state index is 0.596. The number of anilines is 1. The van der Waals surface area contributed by atoms with Gasteiger partial charge in [-0.2, -0.15) is 5.10 Å². The molecule has 90 valence electrons. The van der Waals surface area contributed by atoms with E-state index in [9.17, 15) is 0 Å². The van der Waals surface area contributed by atoms with Crippen LogP contribution in [-0.2, 0) is 7.05 Å². The van der Waals surface area contributed by atoms with E-state index in [4.69, 9.17) is 0 Å². The van der Waals surface area contributed by atoms with Crippen LogP contribution in [0.25, 0.3) is 0 Å². The molecule has 2 rings (SSSR count). The molecule has 0 saturated carbocycles. The molecule has 0 aliphatic carbocycles. The van der Waals surface area contributed by atoms with Crippen molar-refractivity contribution in [3.8, 4) is 0 Å². The summed E-state index contributed by atoms with van der Waals surface area (Å²) >= 11 is 0. The molecule has 2 N–H and O–H groups in total. The second-order valence-corrected chi connectivity index (χ2v) is 4.96. The zero-order valence-corrected chi connectivity index (χ0v) is 10.5. The number of hydrogen-bond donors (Lipinski definition) is 2. The molecule has 0 amide bonds. The van der Waals surface area contributed by atoms with E-state index in [1.807, 2.05) is 18.7 Å². The van der Waals surface area contributed by atoms with E-state index < -0.39 is 0 Å². The van der Waals surface area contributed by atoms with Crippen molar-refractivity contribution in [2.45, 2.75) is 32.7 Å². The van der Waals surface area contributed by atoms with Crippen molar-refractivity contribution in [3.05, 3.63) is 11.8 Å². The lowest BCUT2D eigenvalue weighted by Crippen LogP contribution is -2.42. The first-order valence-corrected chi connectivity index (χ1v) is 6.13. The molecule has 1 fully saturated rings. The largest absolute Gasteiger partial charge is 0.369 e. The average molecular weight is 222 g/mol. The maximum absolute atomic E-state index is 4.32. The van der Waals surface area contributed by atoms with Gasteiger partial charge in [-0.3, -0.25) is 4.68 Å². The zero-order chi connectivity index (χ0) is 11.5. The van der Waals surface area contributed by atoms with Crippen molar-refractivity contribution in [3.63, 3.8) is 0 Å². The zero-order valence-electron chi connectivity index (χ0n) is 10.5. The highest BCUT2D eigenvalue weighted by Gasteiger charge is 2.17. The maximum atomic E-state index is 4.32. The van der Waals surface area contributed by atoms with Crippen LogP contribution >= 0.6 is 0 Å². The topological polar surface area (TPSA) is 41.9 Å². The lowest BCUT2D eigenvalue weighted by Gasteiger charge is -2.28. The third-order valence-corrected chi connectivity index (χ3v) is 3.29. The van der Waals surface area contributed by atoms with Crippen molar-refractivity contribution in [1.29, 1.82) is 0 Å². The monoisotopic (exact) mass is 222 g/mol. The molecular formula is C12H22N4. The number of aryl methyl sites for hydroxylation is 2. The fraction of sp³-hybridized carbons (Fsp3) is 0.750. The number of aromatic nitrogens is 2. The summed E-state index contributed by atoms with van der Waals surface area (Å²) < 4.78 is 1.90. The predicted molar refractivity (Wildman–Crippen MR) is 66.6 cm³/mol. The van der Waals surface area contributed by atoms with Crippen molar-refractivity contribution < 1.29 is 0 Å². The summed E-state index contributed by atoms with van der Waals surface area (Å²) in [6, 6.07) is 2.69. The molecule has 0 spiro atoms. The molecule has 1 aliphatic rings. The molecular weight excluding hydrogens is 200 g/mol. The highest BCUT2D eigenvalue weighted by atomic mass is 15.3. The van der Waals surface area contributed by atoms with Crippen molar-refractivity contribution >= 4 is 5.82 Å². The molecule has 1 aromatic heterocycles. The van der Waals surface area contributed by atoms with Gasteiger partial charge < -0.3 is 10.6 Å². The first-order chi connectivity index (χ1) is 7.65. The highest BCUT2D eigenvalue weighted by molar-refractivity contribution is 5.36. The number of piperidine rings is 1. The normalized spacial score (nSPS) is 25.7. The van der Waals surface area contributed by atoms with Gasteiger partial charge in [0.2, 0.25) is 0 Å². The van der Waals surface area contributed by atoms with Gasteiger partial charge in [0, 0.05) is 25.7 Å². The van der Waals surface area contributed by atoms with Crippen LogP contribution in [0.2, 0.25) is 0 Å². The molecule has 4 nitrogen and oxygen atoms in total. The molecule has 2 heterocycles. The summed E-state index contributed by atoms with van der Waals surface area (Å²) in [6.45, 7) is 6.50. The Labute approximate surface area is 97.4 Å². The molecule has 2 atom stereocenters. The van der Waals surface area contributed by atoms with Crippen LogP contribution < -0.4 is 10.6 Å². The molecule has 4 heteroatoms. The van der Waals surface area contributed by atoms with E-state index >= 15 is 0 Å². The molecule has 0 bridgehead atoms. The Hall–Kier alpha value is -1.03. The van der Waals surface area contributed by atoms with Crippen LogP contribution in [0.1, 0.15) is 25.5 Å². The van der Waals surface area contributed by atoms with Crippen molar-refractivity contribution in [2.75, 3.05) is 18.4 Å². The fourth-order valence-corrected chi connectivity index (χ4v) is 2.38. The number of nitrogens with zero attached hydrogens (tertiary/aromatic N) is 2. The predicted octanol–water partition coefficient (Wildman–Crippen LogP) is 1.53. The third kappa shape index (κ3) is 2.76. The van der Waals surface area contributed by atoms with E-state index in [0.29, 0.717) is 6.04 Å². The summed E-state index contributed by atoms with van der Waals surface area (Å²) in [7, 11) is 1.98. The van der Waals surface area contributed by atoms with Gasteiger partial charge >= 0.3 is 0 Å². The molecule has 0 radical (unpaired) electrons. The summed E-state index contributed by atoms with van der Waals surface area (Å²) in [4.78, 5) is 0. The van der Waals surface area contributed by atoms with E-state index in [0.717, 1.165) is 30.5 Å². The molecule has 1 saturated heterocycles. The lowest BCUT2D eigenvalue weighted by atomic mass is 9.94. The van der Waals surface area contributed by atoms with Gasteiger partial charge in [0.05, 0.1) is 5.69 Å². The number of hydrogen-bond acceptors (Lipinski definition) is 3. The smallest absolute Gasteiger partial charge is 0.124 e. The van der Waals surface area contributed by atoms with Gasteiger partial charge in [0.15, 0.2) is 0 Å². The van der Waals surface area contributed by atoms with E-state index in [2.05, 4.69) is 28.7 Å². The van der Waals surface area contributed by atoms with Crippen LogP contribution in [0.15, 0.2) is 6.07 Å². The third-order valence-electron chi connectivity index (χ3n) is 3.29. The minimum Gasteiger partial charge on any atom is -0.369 e. The van der Waals surface area contributed by atoms with E-state index in [1.165, 1.54) is 12.8 Å². The van der Waals surface area contributed by atoms with Crippen LogP contribution in [0.4, 0.5) is 5.82 Å². The molecule has 1 aliphatic heterocycles. The van der Waals surface area contributed by atoms with Crippen LogP contribution in [0.5, 0.6) is 0 Å². The molecule has 1 aromatic rings. The van der Waals surface area contributed by atoms with Gasteiger partial charge in [0.25, 0.3) is 0 Å². The Balaban J connectivity index is 1.85. The standard InChI is InChI=1S/C12H22N4/c1-9-4-5-13-11(6-9)8-14-12-7-10(2)15-16(12)3/h7,9,11,13-14H,4-6,8H2,1-3H3. The van der Waals surface area contributed by atoms with Gasteiger partial charge in [-0.05, 0) is 32.2 Å². The summed E-state index contributed by atoms with van der Waals surface area (Å²) in [6.07, 6.45) is 2.57. The van der Waals surface area contributed by atoms with Crippen LogP contribution in [-0.4, -0.2) is 28.9 Å². The Morgan fingerprint density at radius 3 is 3.06 bits per heavy atom. The van der Waals surface area contributed by atoms with Gasteiger partial charge in [-0.15, -0.1) is 0 Å². The van der Waals surface area contributed by atoms with Crippen molar-refractivity contribution in [2.24, 2.45) is 13.0 Å². The number of nitrogens with one attached hydrogen (secondary N) is 2. The van der Waals surface area contributed by atoms with Crippen LogP contribution in [0.3, 0.4) is 0 Å². The Morgan fingerprint density at radius 1 is 1.62 bits per heavy atom. The summed E-state index contributed by atoms with van der Waals surface area (Å²) in [5.74, 6) is 1.96. The maximum Gasteiger partial charge on any atom is 0.124 e. The van der Waals surface area contributed by atoms with Gasteiger partial charge in [-0.1, -0.05) is 6.92 Å². The first kappa shape index (κ1) is 11.5. The molecule has 16 heavy (non-hydrogen) atoms.